The van der Waals surface area contributed by atoms with E-state index in [-0.39, 0.29) is 5.91 Å². The Kier molecular flexibility index (Phi) is 5.24. The van der Waals surface area contributed by atoms with E-state index in [9.17, 15) is 4.79 Å². The molecule has 0 aliphatic rings. The Labute approximate surface area is 125 Å². The van der Waals surface area contributed by atoms with Gasteiger partial charge in [-0.1, -0.05) is 37.3 Å². The topological polar surface area (TPSA) is 29.1 Å². The summed E-state index contributed by atoms with van der Waals surface area (Å²) in [4.78, 5) is 12.8. The molecule has 1 unspecified atom stereocenters. The average Bonchev–Trinajstić information content (AvgIpc) is 2.48. The highest BCUT2D eigenvalue weighted by Gasteiger charge is 2.07. The van der Waals surface area contributed by atoms with Gasteiger partial charge in [0.1, 0.15) is 0 Å². The van der Waals surface area contributed by atoms with Gasteiger partial charge in [-0.2, -0.15) is 0 Å². The number of hydrogen-bond acceptors (Lipinski definition) is 2. The molecule has 0 heterocycles. The molecule has 0 bridgehead atoms. The van der Waals surface area contributed by atoms with Gasteiger partial charge in [0.15, 0.2) is 0 Å². The van der Waals surface area contributed by atoms with Crippen LogP contribution in [0.3, 0.4) is 0 Å². The summed E-state index contributed by atoms with van der Waals surface area (Å²) < 4.78 is 0. The third-order valence-electron chi connectivity index (χ3n) is 3.36. The number of benzene rings is 2. The molecule has 0 saturated heterocycles. The van der Waals surface area contributed by atoms with Crippen molar-refractivity contribution in [2.24, 2.45) is 0 Å². The highest BCUT2D eigenvalue weighted by Crippen LogP contribution is 2.17. The summed E-state index contributed by atoms with van der Waals surface area (Å²) in [5.74, 6) is 0.412. The largest absolute Gasteiger partial charge is 0.352 e. The molecule has 0 saturated carbocycles. The highest BCUT2D eigenvalue weighted by atomic mass is 32.1. The van der Waals surface area contributed by atoms with Crippen molar-refractivity contribution in [3.63, 3.8) is 0 Å². The minimum Gasteiger partial charge on any atom is -0.352 e. The molecule has 0 aliphatic carbocycles. The molecule has 0 fully saturated rings. The van der Waals surface area contributed by atoms with Crippen molar-refractivity contribution in [2.75, 3.05) is 6.54 Å². The van der Waals surface area contributed by atoms with Gasteiger partial charge >= 0.3 is 0 Å². The summed E-state index contributed by atoms with van der Waals surface area (Å²) in [7, 11) is 0. The van der Waals surface area contributed by atoms with Crippen molar-refractivity contribution in [2.45, 2.75) is 24.2 Å². The number of rotatable bonds is 5. The van der Waals surface area contributed by atoms with Crippen molar-refractivity contribution in [1.29, 1.82) is 0 Å². The third-order valence-corrected chi connectivity index (χ3v) is 3.66. The molecule has 1 amide bonds. The summed E-state index contributed by atoms with van der Waals surface area (Å²) in [5, 5.41) is 2.96. The summed E-state index contributed by atoms with van der Waals surface area (Å²) >= 11 is 4.21. The molecule has 3 heteroatoms. The molecule has 2 rings (SSSR count). The Bertz CT molecular complexity index is 551. The van der Waals surface area contributed by atoms with Crippen LogP contribution in [0, 0.1) is 0 Å². The Balaban J connectivity index is 1.81. The summed E-state index contributed by atoms with van der Waals surface area (Å²) in [5.41, 5.74) is 1.98. The van der Waals surface area contributed by atoms with Crippen LogP contribution in [0.4, 0.5) is 0 Å². The average molecular weight is 285 g/mol. The molecule has 2 aromatic carbocycles. The van der Waals surface area contributed by atoms with E-state index in [4.69, 9.17) is 0 Å². The van der Waals surface area contributed by atoms with E-state index in [0.717, 1.165) is 11.3 Å². The van der Waals surface area contributed by atoms with Crippen LogP contribution in [0.5, 0.6) is 0 Å². The van der Waals surface area contributed by atoms with Gasteiger partial charge in [0.2, 0.25) is 0 Å². The van der Waals surface area contributed by atoms with Gasteiger partial charge in [0.25, 0.3) is 5.91 Å². The minimum absolute atomic E-state index is 0.0291. The van der Waals surface area contributed by atoms with Crippen LogP contribution < -0.4 is 5.32 Å². The summed E-state index contributed by atoms with van der Waals surface area (Å²) in [6.07, 6.45) is 0.931. The second-order valence-electron chi connectivity index (χ2n) is 4.90. The number of carbonyl (C=O) groups is 1. The van der Waals surface area contributed by atoms with Crippen molar-refractivity contribution in [1.82, 2.24) is 5.32 Å². The zero-order valence-electron chi connectivity index (χ0n) is 11.5. The Morgan fingerprint density at radius 2 is 1.75 bits per heavy atom. The van der Waals surface area contributed by atoms with Crippen molar-refractivity contribution >= 4 is 18.5 Å². The maximum absolute atomic E-state index is 11.9. The maximum atomic E-state index is 11.9. The monoisotopic (exact) mass is 285 g/mol. The van der Waals surface area contributed by atoms with Crippen molar-refractivity contribution < 1.29 is 4.79 Å². The zero-order chi connectivity index (χ0) is 14.4. The molecule has 2 nitrogen and oxygen atoms in total. The van der Waals surface area contributed by atoms with Gasteiger partial charge in [0, 0.05) is 17.0 Å². The van der Waals surface area contributed by atoms with Crippen LogP contribution in [-0.2, 0) is 0 Å². The SMILES string of the molecule is CC(CCNC(=O)c1ccc(S)cc1)c1ccccc1. The predicted octanol–water partition coefficient (Wildman–Crippen LogP) is 3.90. The molecule has 0 aliphatic heterocycles. The van der Waals surface area contributed by atoms with E-state index in [0.29, 0.717) is 18.0 Å². The van der Waals surface area contributed by atoms with Crippen LogP contribution in [0.1, 0.15) is 35.2 Å². The molecule has 0 spiro atoms. The smallest absolute Gasteiger partial charge is 0.251 e. The van der Waals surface area contributed by atoms with Crippen LogP contribution in [-0.4, -0.2) is 12.5 Å². The molecular formula is C17H19NOS. The molecule has 104 valence electrons. The van der Waals surface area contributed by atoms with Crippen molar-refractivity contribution in [3.8, 4) is 0 Å². The Morgan fingerprint density at radius 3 is 2.40 bits per heavy atom. The van der Waals surface area contributed by atoms with E-state index in [1.54, 1.807) is 12.1 Å². The van der Waals surface area contributed by atoms with Crippen molar-refractivity contribution in [3.05, 3.63) is 65.7 Å². The molecule has 0 radical (unpaired) electrons. The quantitative estimate of drug-likeness (QED) is 0.802. The van der Waals surface area contributed by atoms with Gasteiger partial charge in [-0.25, -0.2) is 0 Å². The molecule has 2 aromatic rings. The van der Waals surface area contributed by atoms with E-state index in [1.165, 1.54) is 5.56 Å². The minimum atomic E-state index is -0.0291. The lowest BCUT2D eigenvalue weighted by Gasteiger charge is -2.12. The third kappa shape index (κ3) is 4.14. The summed E-state index contributed by atoms with van der Waals surface area (Å²) in [6.45, 7) is 2.86. The maximum Gasteiger partial charge on any atom is 0.251 e. The van der Waals surface area contributed by atoms with E-state index in [2.05, 4.69) is 37.0 Å². The number of nitrogens with one attached hydrogen (secondary N) is 1. The molecule has 1 N–H and O–H groups in total. The normalized spacial score (nSPS) is 11.9. The Hall–Kier alpha value is -1.74. The fourth-order valence-corrected chi connectivity index (χ4v) is 2.21. The number of thiol groups is 1. The number of carbonyl (C=O) groups excluding carboxylic acids is 1. The number of hydrogen-bond donors (Lipinski definition) is 2. The molecular weight excluding hydrogens is 266 g/mol. The van der Waals surface area contributed by atoms with Gasteiger partial charge < -0.3 is 5.32 Å². The second kappa shape index (κ2) is 7.15. The van der Waals surface area contributed by atoms with Gasteiger partial charge in [0.05, 0.1) is 0 Å². The first-order valence-corrected chi connectivity index (χ1v) is 7.23. The van der Waals surface area contributed by atoms with E-state index < -0.39 is 0 Å². The fraction of sp³-hybridized carbons (Fsp3) is 0.235. The van der Waals surface area contributed by atoms with Gasteiger partial charge in [-0.3, -0.25) is 4.79 Å². The fourth-order valence-electron chi connectivity index (χ4n) is 2.07. The molecule has 0 aromatic heterocycles. The first-order valence-electron chi connectivity index (χ1n) is 6.79. The number of amides is 1. The lowest BCUT2D eigenvalue weighted by molar-refractivity contribution is 0.0952. The highest BCUT2D eigenvalue weighted by molar-refractivity contribution is 7.80. The van der Waals surface area contributed by atoms with E-state index in [1.807, 2.05) is 30.3 Å². The van der Waals surface area contributed by atoms with Gasteiger partial charge in [-0.15, -0.1) is 12.6 Å². The first kappa shape index (κ1) is 14.7. The van der Waals surface area contributed by atoms with Gasteiger partial charge in [-0.05, 0) is 42.2 Å². The van der Waals surface area contributed by atoms with Crippen LogP contribution in [0.2, 0.25) is 0 Å². The lowest BCUT2D eigenvalue weighted by Crippen LogP contribution is -2.25. The molecule has 20 heavy (non-hydrogen) atoms. The second-order valence-corrected chi connectivity index (χ2v) is 5.42. The molecule has 1 atom stereocenters. The van der Waals surface area contributed by atoms with E-state index >= 15 is 0 Å². The van der Waals surface area contributed by atoms with Crippen LogP contribution in [0.15, 0.2) is 59.5 Å². The zero-order valence-corrected chi connectivity index (χ0v) is 12.4. The first-order chi connectivity index (χ1) is 9.66. The van der Waals surface area contributed by atoms with Crippen LogP contribution in [0.25, 0.3) is 0 Å². The van der Waals surface area contributed by atoms with Crippen LogP contribution >= 0.6 is 12.6 Å². The standard InChI is InChI=1S/C17H19NOS/c1-13(14-5-3-2-4-6-14)11-12-18-17(19)15-7-9-16(20)10-8-15/h2-10,13,20H,11-12H2,1H3,(H,18,19). The Morgan fingerprint density at radius 1 is 1.10 bits per heavy atom. The lowest BCUT2D eigenvalue weighted by atomic mass is 9.98. The summed E-state index contributed by atoms with van der Waals surface area (Å²) in [6, 6.07) is 17.6. The predicted molar refractivity (Wildman–Crippen MR) is 85.5 cm³/mol.